The molecule has 0 bridgehead atoms. The van der Waals surface area contributed by atoms with Crippen molar-refractivity contribution < 1.29 is 27.5 Å². The molecule has 0 radical (unpaired) electrons. The molecule has 0 fully saturated rings. The molecule has 0 aliphatic carbocycles. The van der Waals surface area contributed by atoms with Gasteiger partial charge in [-0.05, 0) is 36.8 Å². The second kappa shape index (κ2) is 8.39. The van der Waals surface area contributed by atoms with Crippen LogP contribution in [0.3, 0.4) is 0 Å². The van der Waals surface area contributed by atoms with E-state index in [2.05, 4.69) is 10.3 Å². The van der Waals surface area contributed by atoms with Crippen molar-refractivity contribution in [1.82, 2.24) is 4.98 Å². The average Bonchev–Trinajstić information content (AvgIpc) is 2.97. The molecule has 0 spiro atoms. The minimum Gasteiger partial charge on any atom is -0.465 e. The Morgan fingerprint density at radius 3 is 2.25 bits per heavy atom. The van der Waals surface area contributed by atoms with Crippen molar-refractivity contribution in [1.29, 1.82) is 0 Å². The number of ketones is 1. The Labute approximate surface area is 163 Å². The van der Waals surface area contributed by atoms with Crippen LogP contribution in [-0.2, 0) is 25.8 Å². The number of carbonyl (C=O) groups excluding carboxylic acids is 3. The van der Waals surface area contributed by atoms with E-state index in [0.29, 0.717) is 11.3 Å². The van der Waals surface area contributed by atoms with Gasteiger partial charge in [-0.2, -0.15) is 0 Å². The van der Waals surface area contributed by atoms with Crippen LogP contribution in [0, 0.1) is 6.92 Å². The Hall–Kier alpha value is -2.94. The predicted octanol–water partition coefficient (Wildman–Crippen LogP) is 2.29. The maximum Gasteiger partial charge on any atom is 0.339 e. The van der Waals surface area contributed by atoms with E-state index in [1.54, 1.807) is 13.8 Å². The molecular weight excluding hydrogens is 384 g/mol. The van der Waals surface area contributed by atoms with E-state index >= 15 is 0 Å². The number of hydrogen-bond acceptors (Lipinski definition) is 6. The summed E-state index contributed by atoms with van der Waals surface area (Å²) in [5, 5.41) is 2.64. The molecule has 0 atom stereocenters. The van der Waals surface area contributed by atoms with Gasteiger partial charge in [0, 0.05) is 18.3 Å². The third kappa shape index (κ3) is 4.48. The van der Waals surface area contributed by atoms with Crippen molar-refractivity contribution in [2.24, 2.45) is 0 Å². The van der Waals surface area contributed by atoms with Gasteiger partial charge in [0.1, 0.15) is 0 Å². The van der Waals surface area contributed by atoms with E-state index in [0.717, 1.165) is 0 Å². The second-order valence-electron chi connectivity index (χ2n) is 6.18. The number of aromatic nitrogens is 1. The number of H-pyrrole nitrogens is 1. The number of esters is 1. The summed E-state index contributed by atoms with van der Waals surface area (Å²) >= 11 is 0. The van der Waals surface area contributed by atoms with Gasteiger partial charge in [-0.1, -0.05) is 6.92 Å². The first-order chi connectivity index (χ1) is 13.1. The lowest BCUT2D eigenvalue weighted by Crippen LogP contribution is -2.17. The average molecular weight is 406 g/mol. The van der Waals surface area contributed by atoms with Crippen LogP contribution in [0.5, 0.6) is 0 Å². The Morgan fingerprint density at radius 1 is 1.14 bits per heavy atom. The molecule has 2 N–H and O–H groups in total. The molecule has 28 heavy (non-hydrogen) atoms. The van der Waals surface area contributed by atoms with Crippen LogP contribution in [-0.4, -0.2) is 43.9 Å². The van der Waals surface area contributed by atoms with Crippen molar-refractivity contribution in [3.05, 3.63) is 46.8 Å². The number of Topliss-reactive ketones (excluding diaryl/α,β-unsaturated/α-hetero) is 1. The minimum absolute atomic E-state index is 0.0142. The molecular formula is C19H22N2O6S. The number of carbonyl (C=O) groups is 3. The van der Waals surface area contributed by atoms with E-state index in [-0.39, 0.29) is 39.8 Å². The monoisotopic (exact) mass is 406 g/mol. The van der Waals surface area contributed by atoms with Gasteiger partial charge in [-0.3, -0.25) is 9.59 Å². The summed E-state index contributed by atoms with van der Waals surface area (Å²) in [6.45, 7) is 4.51. The number of hydrogen-bond donors (Lipinski definition) is 2. The molecule has 1 heterocycles. The summed E-state index contributed by atoms with van der Waals surface area (Å²) in [5.41, 5.74) is 1.52. The van der Waals surface area contributed by atoms with Gasteiger partial charge in [-0.15, -0.1) is 0 Å². The van der Waals surface area contributed by atoms with Crippen molar-refractivity contribution in [3.63, 3.8) is 0 Å². The van der Waals surface area contributed by atoms with E-state index in [1.165, 1.54) is 38.3 Å². The van der Waals surface area contributed by atoms with Crippen molar-refractivity contribution in [2.75, 3.05) is 18.2 Å². The molecule has 1 aromatic heterocycles. The molecule has 0 aliphatic heterocycles. The molecule has 150 valence electrons. The van der Waals surface area contributed by atoms with Crippen LogP contribution >= 0.6 is 0 Å². The van der Waals surface area contributed by atoms with Crippen LogP contribution in [0.25, 0.3) is 0 Å². The van der Waals surface area contributed by atoms with Crippen molar-refractivity contribution in [3.8, 4) is 0 Å². The summed E-state index contributed by atoms with van der Waals surface area (Å²) in [7, 11) is -2.10. The number of aromatic amines is 1. The SMILES string of the molecule is CCS(=O)(=O)c1ccc(NC(=O)Cc2[nH]c(C(C)=O)c(C)c2C(=O)OC)cc1. The predicted molar refractivity (Wildman–Crippen MR) is 103 cm³/mol. The number of amides is 1. The highest BCUT2D eigenvalue weighted by Gasteiger charge is 2.24. The summed E-state index contributed by atoms with van der Waals surface area (Å²) < 4.78 is 28.4. The van der Waals surface area contributed by atoms with Crippen molar-refractivity contribution in [2.45, 2.75) is 32.1 Å². The van der Waals surface area contributed by atoms with E-state index in [9.17, 15) is 22.8 Å². The largest absolute Gasteiger partial charge is 0.465 e. The van der Waals surface area contributed by atoms with Crippen molar-refractivity contribution >= 4 is 33.2 Å². The van der Waals surface area contributed by atoms with Crippen LogP contribution in [0.1, 0.15) is 46.0 Å². The quantitative estimate of drug-likeness (QED) is 0.537. The van der Waals surface area contributed by atoms with E-state index < -0.39 is 21.7 Å². The standard InChI is InChI=1S/C19H22N2O6S/c1-5-28(25,26)14-8-6-13(7-9-14)20-16(23)10-15-17(19(24)27-4)11(2)18(21-15)12(3)22/h6-9,21H,5,10H2,1-4H3,(H,20,23). The highest BCUT2D eigenvalue weighted by atomic mass is 32.2. The summed E-state index contributed by atoms with van der Waals surface area (Å²) in [6.07, 6.45) is -0.187. The van der Waals surface area contributed by atoms with Crippen LogP contribution in [0.4, 0.5) is 5.69 Å². The summed E-state index contributed by atoms with van der Waals surface area (Å²) in [4.78, 5) is 39.2. The topological polar surface area (TPSA) is 122 Å². The molecule has 0 saturated heterocycles. The fraction of sp³-hybridized carbons (Fsp3) is 0.316. The van der Waals surface area contributed by atoms with Gasteiger partial charge in [0.25, 0.3) is 0 Å². The lowest BCUT2D eigenvalue weighted by Gasteiger charge is -2.07. The lowest BCUT2D eigenvalue weighted by molar-refractivity contribution is -0.115. The van der Waals surface area contributed by atoms with Crippen LogP contribution in [0.2, 0.25) is 0 Å². The minimum atomic E-state index is -3.32. The zero-order valence-corrected chi connectivity index (χ0v) is 16.9. The maximum atomic E-state index is 12.4. The van der Waals surface area contributed by atoms with Crippen LogP contribution < -0.4 is 5.32 Å². The van der Waals surface area contributed by atoms with E-state index in [4.69, 9.17) is 4.74 Å². The first kappa shape index (κ1) is 21.4. The lowest BCUT2D eigenvalue weighted by atomic mass is 10.1. The normalized spacial score (nSPS) is 11.1. The molecule has 0 saturated carbocycles. The molecule has 1 aromatic carbocycles. The number of nitrogens with one attached hydrogen (secondary N) is 2. The smallest absolute Gasteiger partial charge is 0.339 e. The molecule has 1 amide bonds. The van der Waals surface area contributed by atoms with Gasteiger partial charge in [0.2, 0.25) is 5.91 Å². The number of sulfone groups is 1. The zero-order valence-electron chi connectivity index (χ0n) is 16.1. The Bertz CT molecular complexity index is 1020. The number of rotatable bonds is 7. The molecule has 8 nitrogen and oxygen atoms in total. The number of methoxy groups -OCH3 is 1. The third-order valence-electron chi connectivity index (χ3n) is 4.28. The first-order valence-corrected chi connectivity index (χ1v) is 10.2. The summed E-state index contributed by atoms with van der Waals surface area (Å²) in [5.74, 6) is -1.35. The zero-order chi connectivity index (χ0) is 21.1. The Balaban J connectivity index is 2.22. The molecule has 2 aromatic rings. The highest BCUT2D eigenvalue weighted by Crippen LogP contribution is 2.21. The number of ether oxygens (including phenoxy) is 1. The first-order valence-electron chi connectivity index (χ1n) is 8.54. The fourth-order valence-electron chi connectivity index (χ4n) is 2.80. The number of anilines is 1. The molecule has 9 heteroatoms. The summed E-state index contributed by atoms with van der Waals surface area (Å²) in [6, 6.07) is 5.81. The van der Waals surface area contributed by atoms with Gasteiger partial charge in [0.15, 0.2) is 15.6 Å². The van der Waals surface area contributed by atoms with Gasteiger partial charge in [0.05, 0.1) is 35.4 Å². The fourth-order valence-corrected chi connectivity index (χ4v) is 3.68. The third-order valence-corrected chi connectivity index (χ3v) is 6.03. The van der Waals surface area contributed by atoms with Gasteiger partial charge < -0.3 is 15.0 Å². The molecule has 0 unspecified atom stereocenters. The molecule has 2 rings (SSSR count). The maximum absolute atomic E-state index is 12.4. The number of benzene rings is 1. The molecule has 0 aliphatic rings. The van der Waals surface area contributed by atoms with Gasteiger partial charge in [-0.25, -0.2) is 13.2 Å². The Morgan fingerprint density at radius 2 is 1.75 bits per heavy atom. The second-order valence-corrected chi connectivity index (χ2v) is 8.46. The highest BCUT2D eigenvalue weighted by molar-refractivity contribution is 7.91. The Kier molecular flexibility index (Phi) is 6.40. The van der Waals surface area contributed by atoms with Gasteiger partial charge >= 0.3 is 5.97 Å². The van der Waals surface area contributed by atoms with E-state index in [1.807, 2.05) is 0 Å². The van der Waals surface area contributed by atoms with Crippen LogP contribution in [0.15, 0.2) is 29.2 Å².